The van der Waals surface area contributed by atoms with E-state index in [0.29, 0.717) is 19.4 Å². The van der Waals surface area contributed by atoms with Gasteiger partial charge in [-0.15, -0.1) is 0 Å². The average Bonchev–Trinajstić information content (AvgIpc) is 2.84. The van der Waals surface area contributed by atoms with Crippen LogP contribution in [0.5, 0.6) is 0 Å². The first kappa shape index (κ1) is 30.9. The van der Waals surface area contributed by atoms with Gasteiger partial charge in [-0.1, -0.05) is 30.3 Å². The number of unbranched alkanes of at least 4 members (excludes halogenated alkanes) is 1. The van der Waals surface area contributed by atoms with Crippen LogP contribution in [0.25, 0.3) is 0 Å². The number of carboxylic acid groups (broad SMARTS) is 1. The fraction of sp³-hybridized carbons (Fsp3) is 0.522. The summed E-state index contributed by atoms with van der Waals surface area (Å²) in [5, 5.41) is 17.1. The van der Waals surface area contributed by atoms with Gasteiger partial charge in [-0.25, -0.2) is 4.79 Å². The molecule has 0 fully saturated rings. The van der Waals surface area contributed by atoms with E-state index >= 15 is 0 Å². The summed E-state index contributed by atoms with van der Waals surface area (Å²) < 4.78 is 0. The lowest BCUT2D eigenvalue weighted by atomic mass is 10.0. The van der Waals surface area contributed by atoms with E-state index in [1.807, 2.05) is 0 Å². The van der Waals surface area contributed by atoms with Gasteiger partial charge >= 0.3 is 5.97 Å². The summed E-state index contributed by atoms with van der Waals surface area (Å²) >= 11 is 4.10. The van der Waals surface area contributed by atoms with Crippen molar-refractivity contribution in [1.82, 2.24) is 16.0 Å². The van der Waals surface area contributed by atoms with E-state index < -0.39 is 53.8 Å². The van der Waals surface area contributed by atoms with E-state index in [4.69, 9.17) is 17.2 Å². The van der Waals surface area contributed by atoms with Gasteiger partial charge in [0.25, 0.3) is 0 Å². The molecular weight excluding hydrogens is 488 g/mol. The molecule has 0 radical (unpaired) electrons. The van der Waals surface area contributed by atoms with E-state index in [9.17, 15) is 29.1 Å². The second-order valence-corrected chi connectivity index (χ2v) is 8.66. The van der Waals surface area contributed by atoms with E-state index in [0.717, 1.165) is 5.56 Å². The number of aliphatic carboxylic acids is 1. The zero-order valence-corrected chi connectivity index (χ0v) is 20.9. The SMILES string of the molecule is NCCCCC(NC(=O)C(CS)NC(=O)C(N)CCC(N)=O)C(=O)NC(Cc1ccccc1)C(=O)O. The molecule has 1 aromatic carbocycles. The van der Waals surface area contributed by atoms with Gasteiger partial charge in [-0.05, 0) is 37.8 Å². The molecular formula is C23H36N6O6S. The van der Waals surface area contributed by atoms with Crippen LogP contribution in [0.1, 0.15) is 37.7 Å². The van der Waals surface area contributed by atoms with Gasteiger partial charge in [-0.2, -0.15) is 12.6 Å². The Kier molecular flexibility index (Phi) is 14.1. The van der Waals surface area contributed by atoms with Gasteiger partial charge in [0.2, 0.25) is 23.6 Å². The molecule has 1 rings (SSSR count). The maximum atomic E-state index is 13.0. The van der Waals surface area contributed by atoms with Gasteiger partial charge in [0.15, 0.2) is 0 Å². The van der Waals surface area contributed by atoms with Crippen LogP contribution in [0.15, 0.2) is 30.3 Å². The number of thiol groups is 1. The molecule has 0 aromatic heterocycles. The Labute approximate surface area is 215 Å². The molecule has 10 N–H and O–H groups in total. The summed E-state index contributed by atoms with van der Waals surface area (Å²) in [5.74, 6) is -3.97. The third-order valence-corrected chi connectivity index (χ3v) is 5.70. The smallest absolute Gasteiger partial charge is 0.326 e. The molecule has 36 heavy (non-hydrogen) atoms. The summed E-state index contributed by atoms with van der Waals surface area (Å²) in [6, 6.07) is 4.35. The predicted octanol–water partition coefficient (Wildman–Crippen LogP) is -1.58. The van der Waals surface area contributed by atoms with Gasteiger partial charge in [-0.3, -0.25) is 19.2 Å². The quantitative estimate of drug-likeness (QED) is 0.0875. The van der Waals surface area contributed by atoms with Gasteiger partial charge in [0.05, 0.1) is 6.04 Å². The number of carboxylic acids is 1. The van der Waals surface area contributed by atoms with Crippen molar-refractivity contribution < 1.29 is 29.1 Å². The molecule has 0 saturated heterocycles. The van der Waals surface area contributed by atoms with Crippen LogP contribution in [0.4, 0.5) is 0 Å². The topological polar surface area (TPSA) is 220 Å². The maximum Gasteiger partial charge on any atom is 0.326 e. The van der Waals surface area contributed by atoms with E-state index in [-0.39, 0.29) is 31.4 Å². The molecule has 4 amide bonds. The Morgan fingerprint density at radius 1 is 0.861 bits per heavy atom. The Bertz CT molecular complexity index is 887. The van der Waals surface area contributed by atoms with Crippen LogP contribution in [-0.4, -0.2) is 71.2 Å². The third-order valence-electron chi connectivity index (χ3n) is 5.33. The molecule has 0 spiro atoms. The molecule has 200 valence electrons. The molecule has 1 aromatic rings. The lowest BCUT2D eigenvalue weighted by Crippen LogP contribution is -2.57. The minimum Gasteiger partial charge on any atom is -0.480 e. The standard InChI is InChI=1S/C23H36N6O6S/c24-11-5-4-8-16(21(32)28-17(23(34)35)12-14-6-2-1-3-7-14)27-22(33)18(13-36)29-20(31)15(25)9-10-19(26)30/h1-3,6-7,15-18,36H,4-5,8-13,24-25H2,(H2,26,30)(H,27,33)(H,28,32)(H,29,31)(H,34,35). The van der Waals surface area contributed by atoms with Crippen molar-refractivity contribution in [3.63, 3.8) is 0 Å². The first-order valence-corrected chi connectivity index (χ1v) is 12.2. The van der Waals surface area contributed by atoms with Crippen molar-refractivity contribution >= 4 is 42.2 Å². The normalized spacial score (nSPS) is 14.1. The lowest BCUT2D eigenvalue weighted by molar-refractivity contribution is -0.142. The molecule has 13 heteroatoms. The fourth-order valence-corrected chi connectivity index (χ4v) is 3.51. The highest BCUT2D eigenvalue weighted by atomic mass is 32.1. The predicted molar refractivity (Wildman–Crippen MR) is 137 cm³/mol. The minimum absolute atomic E-state index is 0.00415. The minimum atomic E-state index is -1.22. The first-order chi connectivity index (χ1) is 17.1. The summed E-state index contributed by atoms with van der Waals surface area (Å²) in [6.07, 6.45) is 1.27. The number of hydrogen-bond acceptors (Lipinski definition) is 8. The van der Waals surface area contributed by atoms with E-state index in [1.54, 1.807) is 30.3 Å². The van der Waals surface area contributed by atoms with Crippen molar-refractivity contribution in [3.8, 4) is 0 Å². The number of hydrogen-bond donors (Lipinski definition) is 8. The number of rotatable bonds is 17. The lowest BCUT2D eigenvalue weighted by Gasteiger charge is -2.24. The number of nitrogens with one attached hydrogen (secondary N) is 3. The highest BCUT2D eigenvalue weighted by molar-refractivity contribution is 7.80. The highest BCUT2D eigenvalue weighted by Gasteiger charge is 2.29. The van der Waals surface area contributed by atoms with Crippen molar-refractivity contribution in [1.29, 1.82) is 0 Å². The van der Waals surface area contributed by atoms with Crippen LogP contribution in [0.2, 0.25) is 0 Å². The fourth-order valence-electron chi connectivity index (χ4n) is 3.26. The van der Waals surface area contributed by atoms with Crippen LogP contribution in [0, 0.1) is 0 Å². The second-order valence-electron chi connectivity index (χ2n) is 8.29. The summed E-state index contributed by atoms with van der Waals surface area (Å²) in [4.78, 5) is 60.8. The average molecular weight is 525 g/mol. The van der Waals surface area contributed by atoms with Crippen LogP contribution in [0.3, 0.4) is 0 Å². The number of nitrogens with two attached hydrogens (primary N) is 3. The van der Waals surface area contributed by atoms with Gasteiger partial charge in [0, 0.05) is 18.6 Å². The van der Waals surface area contributed by atoms with Gasteiger partial charge in [0.1, 0.15) is 18.1 Å². The Balaban J connectivity index is 2.88. The third kappa shape index (κ3) is 11.5. The molecule has 0 aliphatic heterocycles. The Hall–Kier alpha value is -3.16. The summed E-state index contributed by atoms with van der Waals surface area (Å²) in [7, 11) is 0. The van der Waals surface area contributed by atoms with Crippen LogP contribution in [-0.2, 0) is 30.4 Å². The van der Waals surface area contributed by atoms with Gasteiger partial charge < -0.3 is 38.3 Å². The first-order valence-electron chi connectivity index (χ1n) is 11.6. The molecule has 0 bridgehead atoms. The zero-order chi connectivity index (χ0) is 27.1. The monoisotopic (exact) mass is 524 g/mol. The maximum absolute atomic E-state index is 13.0. The molecule has 4 unspecified atom stereocenters. The highest BCUT2D eigenvalue weighted by Crippen LogP contribution is 2.07. The van der Waals surface area contributed by atoms with E-state index in [1.165, 1.54) is 0 Å². The summed E-state index contributed by atoms with van der Waals surface area (Å²) in [5.41, 5.74) is 17.1. The van der Waals surface area contributed by atoms with Crippen molar-refractivity contribution in [2.45, 2.75) is 62.7 Å². The molecule has 0 aliphatic rings. The van der Waals surface area contributed by atoms with E-state index in [2.05, 4.69) is 28.6 Å². The van der Waals surface area contributed by atoms with Crippen molar-refractivity contribution in [2.24, 2.45) is 17.2 Å². The number of carbonyl (C=O) groups is 5. The summed E-state index contributed by atoms with van der Waals surface area (Å²) in [6.45, 7) is 0.382. The Morgan fingerprint density at radius 2 is 1.44 bits per heavy atom. The number of primary amides is 1. The second kappa shape index (κ2) is 16.5. The zero-order valence-electron chi connectivity index (χ0n) is 20.0. The molecule has 4 atom stereocenters. The number of carbonyl (C=O) groups excluding carboxylic acids is 4. The van der Waals surface area contributed by atoms with Crippen molar-refractivity contribution in [3.05, 3.63) is 35.9 Å². The number of amides is 4. The van der Waals surface area contributed by atoms with Crippen LogP contribution >= 0.6 is 12.6 Å². The Morgan fingerprint density at radius 3 is 2.00 bits per heavy atom. The molecule has 0 saturated carbocycles. The largest absolute Gasteiger partial charge is 0.480 e. The molecule has 12 nitrogen and oxygen atoms in total. The van der Waals surface area contributed by atoms with Crippen LogP contribution < -0.4 is 33.2 Å². The van der Waals surface area contributed by atoms with Crippen molar-refractivity contribution in [2.75, 3.05) is 12.3 Å². The molecule has 0 heterocycles. The molecule has 0 aliphatic carbocycles. The number of benzene rings is 1.